The van der Waals surface area contributed by atoms with Crippen LogP contribution in [-0.4, -0.2) is 5.11 Å². The van der Waals surface area contributed by atoms with Crippen molar-refractivity contribution in [3.8, 4) is 6.07 Å². The Morgan fingerprint density at radius 3 is 2.29 bits per heavy atom. The smallest absolute Gasteiger partial charge is 0.107 e. The summed E-state index contributed by atoms with van der Waals surface area (Å²) >= 11 is 0. The molecule has 0 bridgehead atoms. The number of hydrogen-bond acceptors (Lipinski definition) is 2. The zero-order valence-electron chi connectivity index (χ0n) is 8.41. The molecule has 1 aromatic carbocycles. The van der Waals surface area contributed by atoms with Gasteiger partial charge in [-0.2, -0.15) is 5.26 Å². The second kappa shape index (κ2) is 3.65. The van der Waals surface area contributed by atoms with Gasteiger partial charge in [0, 0.05) is 0 Å². The van der Waals surface area contributed by atoms with Gasteiger partial charge in [0.1, 0.15) is 5.60 Å². The lowest BCUT2D eigenvalue weighted by molar-refractivity contribution is 0.0981. The lowest BCUT2D eigenvalue weighted by atomic mass is 9.89. The van der Waals surface area contributed by atoms with E-state index in [1.165, 1.54) is 0 Å². The Kier molecular flexibility index (Phi) is 2.73. The number of aliphatic hydroxyl groups is 1. The second-order valence-electron chi connectivity index (χ2n) is 3.54. The first kappa shape index (κ1) is 10.5. The number of rotatable bonds is 2. The maximum Gasteiger partial charge on any atom is 0.107 e. The van der Waals surface area contributed by atoms with Gasteiger partial charge in [0.15, 0.2) is 0 Å². The minimum Gasteiger partial charge on any atom is -0.381 e. The number of hydrogen-bond donors (Lipinski definition) is 1. The van der Waals surface area contributed by atoms with E-state index in [-0.39, 0.29) is 0 Å². The molecule has 1 rings (SSSR count). The lowest BCUT2D eigenvalue weighted by Gasteiger charge is -2.24. The SMILES string of the molecule is C=C(C)C(C)(O)c1ccc(C#N)cc1. The van der Waals surface area contributed by atoms with Crippen molar-refractivity contribution in [3.05, 3.63) is 47.5 Å². The predicted octanol–water partition coefficient (Wildman–Crippen LogP) is 2.34. The molecular formula is C12H13NO. The maximum atomic E-state index is 10.0. The molecule has 0 radical (unpaired) electrons. The first-order chi connectivity index (χ1) is 6.48. The zero-order valence-corrected chi connectivity index (χ0v) is 8.41. The van der Waals surface area contributed by atoms with E-state index in [4.69, 9.17) is 5.26 Å². The molecule has 0 aliphatic heterocycles. The summed E-state index contributed by atoms with van der Waals surface area (Å²) in [7, 11) is 0. The molecule has 0 heterocycles. The molecule has 0 aliphatic carbocycles. The third kappa shape index (κ3) is 1.84. The van der Waals surface area contributed by atoms with E-state index < -0.39 is 5.60 Å². The van der Waals surface area contributed by atoms with E-state index >= 15 is 0 Å². The standard InChI is InChI=1S/C12H13NO/c1-9(2)12(3,14)11-6-4-10(8-13)5-7-11/h4-7,14H,1H2,2-3H3. The Balaban J connectivity index is 3.10. The molecule has 1 N–H and O–H groups in total. The van der Waals surface area contributed by atoms with Crippen molar-refractivity contribution >= 4 is 0 Å². The molecule has 1 aromatic rings. The highest BCUT2D eigenvalue weighted by molar-refractivity contribution is 5.36. The summed E-state index contributed by atoms with van der Waals surface area (Å²) in [5, 5.41) is 18.7. The average molecular weight is 187 g/mol. The van der Waals surface area contributed by atoms with Crippen molar-refractivity contribution < 1.29 is 5.11 Å². The van der Waals surface area contributed by atoms with Crippen LogP contribution in [0.2, 0.25) is 0 Å². The van der Waals surface area contributed by atoms with Crippen molar-refractivity contribution in [2.24, 2.45) is 0 Å². The van der Waals surface area contributed by atoms with Crippen LogP contribution in [0.15, 0.2) is 36.4 Å². The van der Waals surface area contributed by atoms with Crippen LogP contribution in [0.25, 0.3) is 0 Å². The Labute approximate surface area is 84.1 Å². The molecule has 0 amide bonds. The number of benzene rings is 1. The zero-order chi connectivity index (χ0) is 10.8. The normalized spacial score (nSPS) is 14.1. The Morgan fingerprint density at radius 2 is 1.93 bits per heavy atom. The molecule has 14 heavy (non-hydrogen) atoms. The van der Waals surface area contributed by atoms with Gasteiger partial charge < -0.3 is 5.11 Å². The van der Waals surface area contributed by atoms with Crippen molar-refractivity contribution in [2.45, 2.75) is 19.4 Å². The van der Waals surface area contributed by atoms with Crippen molar-refractivity contribution in [1.29, 1.82) is 5.26 Å². The maximum absolute atomic E-state index is 10.0. The summed E-state index contributed by atoms with van der Waals surface area (Å²) < 4.78 is 0. The molecule has 72 valence electrons. The molecular weight excluding hydrogens is 174 g/mol. The van der Waals surface area contributed by atoms with Gasteiger partial charge in [-0.1, -0.05) is 18.7 Å². The predicted molar refractivity (Wildman–Crippen MR) is 55.5 cm³/mol. The summed E-state index contributed by atoms with van der Waals surface area (Å²) in [5.74, 6) is 0. The molecule has 0 saturated carbocycles. The van der Waals surface area contributed by atoms with Gasteiger partial charge in [0.25, 0.3) is 0 Å². The Morgan fingerprint density at radius 1 is 1.43 bits per heavy atom. The van der Waals surface area contributed by atoms with Crippen LogP contribution in [0.3, 0.4) is 0 Å². The molecule has 1 atom stereocenters. The van der Waals surface area contributed by atoms with Crippen LogP contribution in [0, 0.1) is 11.3 Å². The van der Waals surface area contributed by atoms with Crippen LogP contribution in [0.5, 0.6) is 0 Å². The molecule has 0 saturated heterocycles. The van der Waals surface area contributed by atoms with E-state index in [0.717, 1.165) is 5.56 Å². The highest BCUT2D eigenvalue weighted by Gasteiger charge is 2.23. The average Bonchev–Trinajstić information content (AvgIpc) is 2.17. The minimum atomic E-state index is -1.02. The fourth-order valence-electron chi connectivity index (χ4n) is 1.12. The first-order valence-corrected chi connectivity index (χ1v) is 4.37. The van der Waals surface area contributed by atoms with Gasteiger partial charge in [-0.05, 0) is 37.1 Å². The van der Waals surface area contributed by atoms with Gasteiger partial charge in [-0.25, -0.2) is 0 Å². The summed E-state index contributed by atoms with van der Waals surface area (Å²) in [4.78, 5) is 0. The van der Waals surface area contributed by atoms with Crippen molar-refractivity contribution in [2.75, 3.05) is 0 Å². The quantitative estimate of drug-likeness (QED) is 0.722. The minimum absolute atomic E-state index is 0.589. The Hall–Kier alpha value is -1.59. The highest BCUT2D eigenvalue weighted by Crippen LogP contribution is 2.27. The van der Waals surface area contributed by atoms with Gasteiger partial charge >= 0.3 is 0 Å². The van der Waals surface area contributed by atoms with Gasteiger partial charge in [-0.3, -0.25) is 0 Å². The number of nitriles is 1. The molecule has 0 aromatic heterocycles. The molecule has 1 unspecified atom stereocenters. The van der Waals surface area contributed by atoms with Gasteiger partial charge in [0.05, 0.1) is 11.6 Å². The van der Waals surface area contributed by atoms with E-state index in [9.17, 15) is 5.11 Å². The van der Waals surface area contributed by atoms with Crippen LogP contribution in [-0.2, 0) is 5.60 Å². The lowest BCUT2D eigenvalue weighted by Crippen LogP contribution is -2.21. The van der Waals surface area contributed by atoms with Crippen molar-refractivity contribution in [1.82, 2.24) is 0 Å². The first-order valence-electron chi connectivity index (χ1n) is 4.37. The molecule has 0 aliphatic rings. The molecule has 0 fully saturated rings. The second-order valence-corrected chi connectivity index (χ2v) is 3.54. The summed E-state index contributed by atoms with van der Waals surface area (Å²) in [6, 6.07) is 8.89. The van der Waals surface area contributed by atoms with E-state index in [0.29, 0.717) is 11.1 Å². The van der Waals surface area contributed by atoms with E-state index in [1.807, 2.05) is 6.07 Å². The van der Waals surface area contributed by atoms with E-state index in [2.05, 4.69) is 6.58 Å². The topological polar surface area (TPSA) is 44.0 Å². The third-order valence-electron chi connectivity index (χ3n) is 2.41. The van der Waals surface area contributed by atoms with Crippen LogP contribution in [0.1, 0.15) is 25.0 Å². The molecule has 2 nitrogen and oxygen atoms in total. The van der Waals surface area contributed by atoms with E-state index in [1.54, 1.807) is 38.1 Å². The van der Waals surface area contributed by atoms with Crippen molar-refractivity contribution in [3.63, 3.8) is 0 Å². The van der Waals surface area contributed by atoms with Crippen LogP contribution >= 0.6 is 0 Å². The summed E-state index contributed by atoms with van der Waals surface area (Å²) in [6.07, 6.45) is 0. The molecule has 0 spiro atoms. The summed E-state index contributed by atoms with van der Waals surface area (Å²) in [5.41, 5.74) is 1.01. The molecule has 2 heteroatoms. The fourth-order valence-corrected chi connectivity index (χ4v) is 1.12. The van der Waals surface area contributed by atoms with Gasteiger partial charge in [-0.15, -0.1) is 0 Å². The van der Waals surface area contributed by atoms with Crippen LogP contribution < -0.4 is 0 Å². The Bertz CT molecular complexity index is 382. The highest BCUT2D eigenvalue weighted by atomic mass is 16.3. The largest absolute Gasteiger partial charge is 0.381 e. The number of nitrogens with zero attached hydrogens (tertiary/aromatic N) is 1. The third-order valence-corrected chi connectivity index (χ3v) is 2.41. The fraction of sp³-hybridized carbons (Fsp3) is 0.250. The van der Waals surface area contributed by atoms with Gasteiger partial charge in [0.2, 0.25) is 0 Å². The van der Waals surface area contributed by atoms with Crippen LogP contribution in [0.4, 0.5) is 0 Å². The monoisotopic (exact) mass is 187 g/mol. The summed E-state index contributed by atoms with van der Waals surface area (Å²) in [6.45, 7) is 7.20.